The van der Waals surface area contributed by atoms with E-state index in [4.69, 9.17) is 9.47 Å². The van der Waals surface area contributed by atoms with Gasteiger partial charge >= 0.3 is 5.97 Å². The van der Waals surface area contributed by atoms with E-state index < -0.39 is 0 Å². The zero-order valence-electron chi connectivity index (χ0n) is 14.1. The predicted octanol–water partition coefficient (Wildman–Crippen LogP) is 4.54. The molecule has 0 spiro atoms. The molecular weight excluding hydrogens is 314 g/mol. The Hall–Kier alpha value is -2.43. The monoisotopic (exact) mass is 336 g/mol. The van der Waals surface area contributed by atoms with Crippen molar-refractivity contribution in [1.82, 2.24) is 0 Å². The molecule has 0 heterocycles. The fraction of sp³-hybridized carbons (Fsp3) is 0.316. The first-order chi connectivity index (χ1) is 11.4. The molecule has 0 fully saturated rings. The fourth-order valence-corrected chi connectivity index (χ4v) is 1.90. The van der Waals surface area contributed by atoms with Gasteiger partial charge in [0, 0.05) is 18.9 Å². The fourth-order valence-electron chi connectivity index (χ4n) is 1.90. The summed E-state index contributed by atoms with van der Waals surface area (Å²) in [6.07, 6.45) is 0.836. The Bertz CT molecular complexity index is 627. The zero-order valence-corrected chi connectivity index (χ0v) is 14.1. The molecule has 0 aliphatic carbocycles. The number of hydrogen-bond acceptors (Lipinski definition) is 3. The molecule has 3 nitrogen and oxygen atoms in total. The molecule has 0 amide bonds. The first-order valence-corrected chi connectivity index (χ1v) is 7.68. The van der Waals surface area contributed by atoms with Gasteiger partial charge in [0.25, 0.3) is 0 Å². The van der Waals surface area contributed by atoms with Crippen LogP contribution in [0.3, 0.4) is 0 Å². The molecule has 0 saturated carbocycles. The maximum atomic E-state index is 12.6. The van der Waals surface area contributed by atoms with Crippen LogP contribution in [0.25, 0.3) is 0 Å². The van der Waals surface area contributed by atoms with Gasteiger partial charge in [-0.05, 0) is 36.8 Å². The molecule has 130 valence electrons. The van der Waals surface area contributed by atoms with E-state index in [0.29, 0.717) is 18.6 Å². The molecule has 2 aromatic carbocycles. The van der Waals surface area contributed by atoms with E-state index in [2.05, 4.69) is 0 Å². The zero-order chi connectivity index (χ0) is 17.9. The molecule has 5 heteroatoms. The van der Waals surface area contributed by atoms with Gasteiger partial charge in [0.15, 0.2) is 0 Å². The Morgan fingerprint density at radius 1 is 1.08 bits per heavy atom. The predicted molar refractivity (Wildman–Crippen MR) is 88.9 cm³/mol. The van der Waals surface area contributed by atoms with Crippen LogP contribution < -0.4 is 4.74 Å². The third kappa shape index (κ3) is 7.72. The summed E-state index contributed by atoms with van der Waals surface area (Å²) in [7, 11) is 1.51. The van der Waals surface area contributed by atoms with E-state index in [1.54, 1.807) is 31.2 Å². The summed E-state index contributed by atoms with van der Waals surface area (Å²) < 4.78 is 34.7. The van der Waals surface area contributed by atoms with Crippen molar-refractivity contribution in [3.05, 3.63) is 65.7 Å². The van der Waals surface area contributed by atoms with Crippen LogP contribution >= 0.6 is 0 Å². The first kappa shape index (κ1) is 19.6. The van der Waals surface area contributed by atoms with Crippen molar-refractivity contribution in [2.45, 2.75) is 32.8 Å². The average Bonchev–Trinajstić information content (AvgIpc) is 2.57. The molecule has 0 aliphatic rings. The van der Waals surface area contributed by atoms with Crippen molar-refractivity contribution in [3.63, 3.8) is 0 Å². The lowest BCUT2D eigenvalue weighted by molar-refractivity contribution is -0.147. The quantitative estimate of drug-likeness (QED) is 0.752. The lowest BCUT2D eigenvalue weighted by atomic mass is 10.1. The highest BCUT2D eigenvalue weighted by molar-refractivity contribution is 5.69. The van der Waals surface area contributed by atoms with E-state index in [-0.39, 0.29) is 23.7 Å². The van der Waals surface area contributed by atoms with Crippen molar-refractivity contribution in [1.29, 1.82) is 0 Å². The Balaban J connectivity index is 0.000000272. The highest BCUT2D eigenvalue weighted by Gasteiger charge is 2.08. The molecule has 1 unspecified atom stereocenters. The summed E-state index contributed by atoms with van der Waals surface area (Å²) in [6.45, 7) is 3.59. The summed E-state index contributed by atoms with van der Waals surface area (Å²) >= 11 is 0. The molecule has 1 atom stereocenters. The van der Waals surface area contributed by atoms with Gasteiger partial charge in [0.1, 0.15) is 23.5 Å². The molecular formula is C19H22F2O3. The maximum Gasteiger partial charge on any atom is 0.305 e. The Kier molecular flexibility index (Phi) is 8.47. The molecule has 24 heavy (non-hydrogen) atoms. The van der Waals surface area contributed by atoms with Crippen LogP contribution in [0.4, 0.5) is 8.78 Å². The Morgan fingerprint density at radius 3 is 2.25 bits per heavy atom. The van der Waals surface area contributed by atoms with E-state index in [9.17, 15) is 13.6 Å². The highest BCUT2D eigenvalue weighted by atomic mass is 19.1. The topological polar surface area (TPSA) is 35.5 Å². The van der Waals surface area contributed by atoms with Gasteiger partial charge in [-0.25, -0.2) is 8.78 Å². The van der Waals surface area contributed by atoms with Crippen molar-refractivity contribution in [2.24, 2.45) is 0 Å². The Morgan fingerprint density at radius 2 is 1.75 bits per heavy atom. The number of benzene rings is 2. The van der Waals surface area contributed by atoms with Crippen LogP contribution in [-0.2, 0) is 16.0 Å². The largest absolute Gasteiger partial charge is 0.497 e. The number of rotatable bonds is 5. The molecule has 0 aromatic heterocycles. The number of halogens is 2. The minimum atomic E-state index is -0.269. The molecule has 0 radical (unpaired) electrons. The standard InChI is InChI=1S/C12H15FO2.C7H7FO/c1-3-12(14)15-9(2)8-10-4-6-11(13)7-5-10;1-9-7-4-2-3-6(8)5-7/h4-7,9H,3,8H2,1-2H3;2-5H,1H3. The average molecular weight is 336 g/mol. The van der Waals surface area contributed by atoms with E-state index in [0.717, 1.165) is 5.56 Å². The van der Waals surface area contributed by atoms with Crippen LogP contribution in [0, 0.1) is 11.6 Å². The van der Waals surface area contributed by atoms with Gasteiger partial charge in [0.2, 0.25) is 0 Å². The highest BCUT2D eigenvalue weighted by Crippen LogP contribution is 2.10. The number of carbonyl (C=O) groups excluding carboxylic acids is 1. The minimum Gasteiger partial charge on any atom is -0.497 e. The van der Waals surface area contributed by atoms with Crippen molar-refractivity contribution >= 4 is 5.97 Å². The van der Waals surface area contributed by atoms with Crippen LogP contribution in [-0.4, -0.2) is 19.2 Å². The summed E-state index contributed by atoms with van der Waals surface area (Å²) in [5, 5.41) is 0. The van der Waals surface area contributed by atoms with E-state index >= 15 is 0 Å². The maximum absolute atomic E-state index is 12.6. The Labute approximate surface area is 141 Å². The minimum absolute atomic E-state index is 0.164. The van der Waals surface area contributed by atoms with Crippen LogP contribution in [0.1, 0.15) is 25.8 Å². The van der Waals surface area contributed by atoms with Gasteiger partial charge in [-0.1, -0.05) is 25.1 Å². The SMILES string of the molecule is CCC(=O)OC(C)Cc1ccc(F)cc1.COc1cccc(F)c1. The number of carbonyl (C=O) groups is 1. The number of esters is 1. The number of ether oxygens (including phenoxy) is 2. The second-order valence-electron chi connectivity index (χ2n) is 5.15. The third-order valence-electron chi connectivity index (χ3n) is 3.09. The number of hydrogen-bond donors (Lipinski definition) is 0. The summed E-state index contributed by atoms with van der Waals surface area (Å²) in [5.74, 6) is -0.175. The van der Waals surface area contributed by atoms with Crippen LogP contribution in [0.15, 0.2) is 48.5 Å². The number of methoxy groups -OCH3 is 1. The molecule has 0 bridgehead atoms. The molecule has 0 N–H and O–H groups in total. The van der Waals surface area contributed by atoms with Crippen molar-refractivity contribution in [2.75, 3.05) is 7.11 Å². The second-order valence-corrected chi connectivity index (χ2v) is 5.15. The van der Waals surface area contributed by atoms with Gasteiger partial charge in [-0.15, -0.1) is 0 Å². The first-order valence-electron chi connectivity index (χ1n) is 7.68. The molecule has 0 aliphatic heterocycles. The summed E-state index contributed by atoms with van der Waals surface area (Å²) in [4.78, 5) is 11.0. The van der Waals surface area contributed by atoms with Gasteiger partial charge in [0.05, 0.1) is 7.11 Å². The summed E-state index contributed by atoms with van der Waals surface area (Å²) in [6, 6.07) is 12.2. The lowest BCUT2D eigenvalue weighted by Gasteiger charge is -2.12. The lowest BCUT2D eigenvalue weighted by Crippen LogP contribution is -2.16. The van der Waals surface area contributed by atoms with Gasteiger partial charge < -0.3 is 9.47 Å². The van der Waals surface area contributed by atoms with Crippen molar-refractivity contribution in [3.8, 4) is 5.75 Å². The molecule has 0 saturated heterocycles. The normalized spacial score (nSPS) is 11.0. The van der Waals surface area contributed by atoms with Gasteiger partial charge in [-0.2, -0.15) is 0 Å². The third-order valence-corrected chi connectivity index (χ3v) is 3.09. The van der Waals surface area contributed by atoms with E-state index in [1.807, 2.05) is 6.92 Å². The van der Waals surface area contributed by atoms with Crippen LogP contribution in [0.5, 0.6) is 5.75 Å². The smallest absolute Gasteiger partial charge is 0.305 e. The van der Waals surface area contributed by atoms with Crippen LogP contribution in [0.2, 0.25) is 0 Å². The van der Waals surface area contributed by atoms with Gasteiger partial charge in [-0.3, -0.25) is 4.79 Å². The van der Waals surface area contributed by atoms with Crippen molar-refractivity contribution < 1.29 is 23.0 Å². The summed E-state index contributed by atoms with van der Waals surface area (Å²) in [5.41, 5.74) is 0.966. The van der Waals surface area contributed by atoms with E-state index in [1.165, 1.54) is 31.4 Å². The molecule has 2 aromatic rings. The molecule has 2 rings (SSSR count). The second kappa shape index (κ2) is 10.4.